The second-order valence-corrected chi connectivity index (χ2v) is 13.6. The topological polar surface area (TPSA) is 132 Å². The molecule has 1 aliphatic carbocycles. The second kappa shape index (κ2) is 16.4. The first-order valence-corrected chi connectivity index (χ1v) is 17.3. The predicted octanol–water partition coefficient (Wildman–Crippen LogP) is 6.96. The van der Waals surface area contributed by atoms with E-state index in [1.54, 1.807) is 73.7 Å². The van der Waals surface area contributed by atoms with Crippen LogP contribution in [0.4, 0.5) is 10.7 Å². The molecule has 1 aliphatic rings. The molecule has 1 unspecified atom stereocenters. The van der Waals surface area contributed by atoms with Gasteiger partial charge in [0.2, 0.25) is 5.91 Å². The van der Waals surface area contributed by atoms with Gasteiger partial charge in [-0.1, -0.05) is 24.3 Å². The van der Waals surface area contributed by atoms with Crippen LogP contribution in [0.5, 0.6) is 11.5 Å². The molecule has 1 heterocycles. The van der Waals surface area contributed by atoms with E-state index in [0.29, 0.717) is 38.9 Å². The minimum atomic E-state index is -0.570. The number of carbonyl (C=O) groups excluding carboxylic acids is 4. The third-order valence-electron chi connectivity index (χ3n) is 7.84. The van der Waals surface area contributed by atoms with Gasteiger partial charge < -0.3 is 30.2 Å². The maximum absolute atomic E-state index is 13.7. The number of esters is 1. The van der Waals surface area contributed by atoms with Gasteiger partial charge in [0.15, 0.2) is 0 Å². The molecule has 0 fully saturated rings. The van der Waals surface area contributed by atoms with Crippen molar-refractivity contribution in [1.29, 1.82) is 0 Å². The molecule has 1 atom stereocenters. The number of nitrogens with one attached hydrogen (secondary N) is 3. The Labute approximate surface area is 293 Å². The summed E-state index contributed by atoms with van der Waals surface area (Å²) in [5.41, 5.74) is 2.76. The van der Waals surface area contributed by atoms with Crippen molar-refractivity contribution >= 4 is 63.6 Å². The van der Waals surface area contributed by atoms with Gasteiger partial charge in [0.25, 0.3) is 11.8 Å². The first-order chi connectivity index (χ1) is 23.7. The smallest absolute Gasteiger partial charge is 0.341 e. The van der Waals surface area contributed by atoms with Crippen molar-refractivity contribution in [3.63, 3.8) is 0 Å². The van der Waals surface area contributed by atoms with Gasteiger partial charge in [-0.25, -0.2) is 4.79 Å². The van der Waals surface area contributed by atoms with Gasteiger partial charge in [-0.3, -0.25) is 14.4 Å². The lowest BCUT2D eigenvalue weighted by Gasteiger charge is -2.15. The molecule has 3 N–H and O–H groups in total. The van der Waals surface area contributed by atoms with Gasteiger partial charge in [-0.15, -0.1) is 23.1 Å². The zero-order chi connectivity index (χ0) is 34.9. The van der Waals surface area contributed by atoms with Crippen LogP contribution >= 0.6 is 23.1 Å². The molecular formula is C37H37N3O7S2. The van der Waals surface area contributed by atoms with Crippen LogP contribution in [0, 0.1) is 0 Å². The average molecular weight is 700 g/mol. The minimum Gasteiger partial charge on any atom is -0.497 e. The Kier molecular flexibility index (Phi) is 11.8. The Morgan fingerprint density at radius 1 is 0.878 bits per heavy atom. The lowest BCUT2D eigenvalue weighted by atomic mass is 9.95. The second-order valence-electron chi connectivity index (χ2n) is 11.1. The number of anilines is 2. The van der Waals surface area contributed by atoms with E-state index in [0.717, 1.165) is 41.0 Å². The Morgan fingerprint density at radius 2 is 1.65 bits per heavy atom. The summed E-state index contributed by atoms with van der Waals surface area (Å²) in [6, 6.07) is 20.8. The molecule has 254 valence electrons. The fourth-order valence-corrected chi connectivity index (χ4v) is 7.55. The third-order valence-corrected chi connectivity index (χ3v) is 10.1. The van der Waals surface area contributed by atoms with Crippen molar-refractivity contribution in [2.24, 2.45) is 0 Å². The molecule has 3 amide bonds. The third kappa shape index (κ3) is 8.70. The first-order valence-electron chi connectivity index (χ1n) is 15.6. The normalized spacial score (nSPS) is 13.0. The van der Waals surface area contributed by atoms with Gasteiger partial charge in [0, 0.05) is 26.6 Å². The molecule has 49 heavy (non-hydrogen) atoms. The van der Waals surface area contributed by atoms with Crippen LogP contribution < -0.4 is 25.4 Å². The maximum atomic E-state index is 13.7. The lowest BCUT2D eigenvalue weighted by Crippen LogP contribution is -2.30. The van der Waals surface area contributed by atoms with Crippen molar-refractivity contribution in [3.05, 3.63) is 106 Å². The molecule has 0 radical (unpaired) electrons. The number of thiophene rings is 1. The van der Waals surface area contributed by atoms with Crippen molar-refractivity contribution < 1.29 is 33.4 Å². The van der Waals surface area contributed by atoms with Crippen LogP contribution in [0.1, 0.15) is 56.5 Å². The number of thioether (sulfide) groups is 1. The maximum Gasteiger partial charge on any atom is 0.341 e. The highest BCUT2D eigenvalue weighted by Crippen LogP contribution is 2.39. The summed E-state index contributed by atoms with van der Waals surface area (Å²) in [7, 11) is 4.39. The Hall–Kier alpha value is -5.07. The summed E-state index contributed by atoms with van der Waals surface area (Å²) < 4.78 is 15.9. The van der Waals surface area contributed by atoms with E-state index in [-0.39, 0.29) is 11.6 Å². The average Bonchev–Trinajstić information content (AvgIpc) is 3.49. The molecule has 5 rings (SSSR count). The van der Waals surface area contributed by atoms with Crippen LogP contribution in [0.3, 0.4) is 0 Å². The van der Waals surface area contributed by atoms with Gasteiger partial charge >= 0.3 is 5.97 Å². The number of hydrogen-bond donors (Lipinski definition) is 3. The van der Waals surface area contributed by atoms with Gasteiger partial charge in [0.05, 0.1) is 32.1 Å². The highest BCUT2D eigenvalue weighted by Gasteiger charge is 2.28. The van der Waals surface area contributed by atoms with Crippen LogP contribution in [0.2, 0.25) is 0 Å². The number of benzene rings is 3. The van der Waals surface area contributed by atoms with Crippen LogP contribution in [0.15, 0.2) is 83.4 Å². The zero-order valence-corrected chi connectivity index (χ0v) is 29.2. The highest BCUT2D eigenvalue weighted by atomic mass is 32.2. The Morgan fingerprint density at radius 3 is 2.39 bits per heavy atom. The molecule has 3 aromatic carbocycles. The van der Waals surface area contributed by atoms with Crippen molar-refractivity contribution in [2.75, 3.05) is 32.0 Å². The number of amides is 3. The first kappa shape index (κ1) is 35.2. The fourth-order valence-electron chi connectivity index (χ4n) is 5.34. The lowest BCUT2D eigenvalue weighted by molar-refractivity contribution is -0.115. The molecule has 4 aromatic rings. The molecule has 1 aromatic heterocycles. The fraction of sp³-hybridized carbons (Fsp3) is 0.243. The number of aryl methyl sites for hydroxylation is 1. The van der Waals surface area contributed by atoms with Gasteiger partial charge in [0.1, 0.15) is 22.2 Å². The molecular weight excluding hydrogens is 663 g/mol. The molecule has 0 spiro atoms. The van der Waals surface area contributed by atoms with Crippen LogP contribution in [0.25, 0.3) is 6.08 Å². The van der Waals surface area contributed by atoms with E-state index in [2.05, 4.69) is 16.0 Å². The van der Waals surface area contributed by atoms with E-state index < -0.39 is 23.0 Å². The number of hydrogen-bond acceptors (Lipinski definition) is 9. The minimum absolute atomic E-state index is 0.0220. The molecule has 0 saturated carbocycles. The van der Waals surface area contributed by atoms with Gasteiger partial charge in [-0.2, -0.15) is 0 Å². The molecule has 10 nitrogen and oxygen atoms in total. The zero-order valence-electron chi connectivity index (χ0n) is 27.6. The van der Waals surface area contributed by atoms with Crippen LogP contribution in [-0.2, 0) is 27.2 Å². The number of carbonyl (C=O) groups is 4. The quantitative estimate of drug-likeness (QED) is 0.0822. The van der Waals surface area contributed by atoms with E-state index in [9.17, 15) is 19.2 Å². The van der Waals surface area contributed by atoms with E-state index in [1.165, 1.54) is 50.5 Å². The Bertz CT molecular complexity index is 1890. The summed E-state index contributed by atoms with van der Waals surface area (Å²) in [6.45, 7) is 1.78. The van der Waals surface area contributed by atoms with E-state index >= 15 is 0 Å². The van der Waals surface area contributed by atoms with Crippen molar-refractivity contribution in [1.82, 2.24) is 5.32 Å². The van der Waals surface area contributed by atoms with E-state index in [1.807, 2.05) is 6.07 Å². The summed E-state index contributed by atoms with van der Waals surface area (Å²) in [5, 5.41) is 8.54. The number of fused-ring (bicyclic) bond motifs is 1. The predicted molar refractivity (Wildman–Crippen MR) is 193 cm³/mol. The van der Waals surface area contributed by atoms with Crippen molar-refractivity contribution in [3.8, 4) is 11.5 Å². The number of ether oxygens (including phenoxy) is 3. The Balaban J connectivity index is 1.33. The van der Waals surface area contributed by atoms with Gasteiger partial charge in [-0.05, 0) is 92.8 Å². The summed E-state index contributed by atoms with van der Waals surface area (Å²) >= 11 is 2.74. The molecule has 0 aliphatic heterocycles. The SMILES string of the molecule is COC(=O)c1c(NC(=O)C(C)Sc2cccc(NC(=O)/C(=C\c3cc(OC)ccc3OC)NC(=O)c3ccccc3)c2)sc2c1CCCC2. The number of methoxy groups -OCH3 is 3. The van der Waals surface area contributed by atoms with Crippen LogP contribution in [-0.4, -0.2) is 50.3 Å². The number of rotatable bonds is 12. The van der Waals surface area contributed by atoms with E-state index in [4.69, 9.17) is 14.2 Å². The van der Waals surface area contributed by atoms with Crippen molar-refractivity contribution in [2.45, 2.75) is 42.8 Å². The molecule has 0 bridgehead atoms. The largest absolute Gasteiger partial charge is 0.497 e. The monoisotopic (exact) mass is 699 g/mol. The summed E-state index contributed by atoms with van der Waals surface area (Å²) in [5.74, 6) is -0.716. The summed E-state index contributed by atoms with van der Waals surface area (Å²) in [4.78, 5) is 54.6. The highest BCUT2D eigenvalue weighted by molar-refractivity contribution is 8.00. The standard InChI is InChI=1S/C37H37N3O7S2/c1-22(33(41)40-36-32(37(44)47-4)28-15-8-9-16-31(28)49-36)48-27-14-10-13-25(21-27)38-35(43)29(39-34(42)23-11-6-5-7-12-23)20-24-19-26(45-2)17-18-30(24)46-3/h5-7,10-14,17-22H,8-9,15-16H2,1-4H3,(H,38,43)(H,39,42)(H,40,41)/b29-20+. The molecule has 12 heteroatoms. The molecule has 0 saturated heterocycles. The summed E-state index contributed by atoms with van der Waals surface area (Å²) in [6.07, 6.45) is 5.23.